The van der Waals surface area contributed by atoms with Crippen molar-refractivity contribution in [3.8, 4) is 0 Å². The molecule has 0 radical (unpaired) electrons. The van der Waals surface area contributed by atoms with Crippen LogP contribution in [0, 0.1) is 5.82 Å². The van der Waals surface area contributed by atoms with E-state index in [4.69, 9.17) is 0 Å². The number of aliphatic carboxylic acids is 1. The molecule has 2 aliphatic carbocycles. The number of rotatable bonds is 4. The summed E-state index contributed by atoms with van der Waals surface area (Å²) in [4.78, 5) is 24.1. The zero-order valence-corrected chi connectivity index (χ0v) is 11.7. The van der Waals surface area contributed by atoms with Crippen molar-refractivity contribution in [3.63, 3.8) is 0 Å². The van der Waals surface area contributed by atoms with Gasteiger partial charge in [0.15, 0.2) is 0 Å². The van der Waals surface area contributed by atoms with Gasteiger partial charge in [0.25, 0.3) is 0 Å². The second-order valence-corrected chi connectivity index (χ2v) is 6.14. The van der Waals surface area contributed by atoms with Gasteiger partial charge in [-0.15, -0.1) is 0 Å². The van der Waals surface area contributed by atoms with E-state index in [0.29, 0.717) is 25.7 Å². The first-order valence-electron chi connectivity index (χ1n) is 7.31. The van der Waals surface area contributed by atoms with Crippen molar-refractivity contribution in [2.75, 3.05) is 0 Å². The molecule has 0 heterocycles. The standard InChI is InChI=1S/C16H18FNO3/c17-12-5-3-11(4-6-12)15(9-10-15)13(19)18-16(14(20)21)7-1-2-8-16/h3-6H,1-2,7-10H2,(H,18,19)(H,20,21). The maximum Gasteiger partial charge on any atom is 0.329 e. The molecule has 5 heteroatoms. The molecule has 0 spiro atoms. The first-order chi connectivity index (χ1) is 9.98. The Balaban J connectivity index is 1.82. The largest absolute Gasteiger partial charge is 0.480 e. The maximum absolute atomic E-state index is 13.0. The summed E-state index contributed by atoms with van der Waals surface area (Å²) in [6.45, 7) is 0. The Bertz CT molecular complexity index is 572. The third kappa shape index (κ3) is 2.30. The highest BCUT2D eigenvalue weighted by Crippen LogP contribution is 2.49. The average Bonchev–Trinajstić information content (AvgIpc) is 3.13. The van der Waals surface area contributed by atoms with E-state index in [1.165, 1.54) is 12.1 Å². The summed E-state index contributed by atoms with van der Waals surface area (Å²) in [5, 5.41) is 12.2. The highest BCUT2D eigenvalue weighted by Gasteiger charge is 2.54. The van der Waals surface area contributed by atoms with Crippen molar-refractivity contribution in [3.05, 3.63) is 35.6 Å². The van der Waals surface area contributed by atoms with Gasteiger partial charge < -0.3 is 10.4 Å². The van der Waals surface area contributed by atoms with E-state index in [0.717, 1.165) is 18.4 Å². The Morgan fingerprint density at radius 1 is 1.05 bits per heavy atom. The number of hydrogen-bond donors (Lipinski definition) is 2. The molecule has 0 atom stereocenters. The van der Waals surface area contributed by atoms with E-state index in [9.17, 15) is 19.1 Å². The third-order valence-corrected chi connectivity index (χ3v) is 4.80. The number of carbonyl (C=O) groups excluding carboxylic acids is 1. The average molecular weight is 291 g/mol. The minimum absolute atomic E-state index is 0.238. The summed E-state index contributed by atoms with van der Waals surface area (Å²) in [5.74, 6) is -1.53. The molecule has 4 nitrogen and oxygen atoms in total. The van der Waals surface area contributed by atoms with Gasteiger partial charge >= 0.3 is 5.97 Å². The molecule has 2 fully saturated rings. The van der Waals surface area contributed by atoms with Crippen LogP contribution < -0.4 is 5.32 Å². The summed E-state index contributed by atoms with van der Waals surface area (Å²) < 4.78 is 13.0. The van der Waals surface area contributed by atoms with Gasteiger partial charge in [0.2, 0.25) is 5.91 Å². The molecule has 0 unspecified atom stereocenters. The maximum atomic E-state index is 13.0. The van der Waals surface area contributed by atoms with Gasteiger partial charge in [-0.3, -0.25) is 4.79 Å². The van der Waals surface area contributed by atoms with E-state index in [2.05, 4.69) is 5.32 Å². The van der Waals surface area contributed by atoms with E-state index < -0.39 is 16.9 Å². The number of carbonyl (C=O) groups is 2. The highest BCUT2D eigenvalue weighted by atomic mass is 19.1. The predicted molar refractivity (Wildman–Crippen MR) is 74.3 cm³/mol. The molecule has 0 aliphatic heterocycles. The van der Waals surface area contributed by atoms with Crippen LogP contribution in [-0.4, -0.2) is 22.5 Å². The van der Waals surface area contributed by atoms with Crippen LogP contribution in [0.4, 0.5) is 4.39 Å². The van der Waals surface area contributed by atoms with Gasteiger partial charge in [-0.1, -0.05) is 25.0 Å². The Morgan fingerprint density at radius 3 is 2.10 bits per heavy atom. The van der Waals surface area contributed by atoms with Crippen LogP contribution in [0.3, 0.4) is 0 Å². The Morgan fingerprint density at radius 2 is 1.62 bits per heavy atom. The molecule has 3 rings (SSSR count). The SMILES string of the molecule is O=C(O)C1(NC(=O)C2(c3ccc(F)cc3)CC2)CCCC1. The number of nitrogens with one attached hydrogen (secondary N) is 1. The zero-order chi connectivity index (χ0) is 15.1. The number of benzene rings is 1. The smallest absolute Gasteiger partial charge is 0.329 e. The van der Waals surface area contributed by atoms with Gasteiger partial charge in [-0.2, -0.15) is 0 Å². The Labute approximate surface area is 122 Å². The molecular weight excluding hydrogens is 273 g/mol. The van der Waals surface area contributed by atoms with Crippen LogP contribution >= 0.6 is 0 Å². The fourth-order valence-corrected chi connectivity index (χ4v) is 3.25. The number of halogens is 1. The van der Waals surface area contributed by atoms with E-state index in [1.807, 2.05) is 0 Å². The summed E-state index contributed by atoms with van der Waals surface area (Å²) in [6.07, 6.45) is 3.95. The van der Waals surface area contributed by atoms with Crippen LogP contribution in [0.1, 0.15) is 44.1 Å². The first kappa shape index (κ1) is 14.0. The lowest BCUT2D eigenvalue weighted by molar-refractivity contribution is -0.147. The molecule has 2 aliphatic rings. The quantitative estimate of drug-likeness (QED) is 0.895. The van der Waals surface area contributed by atoms with Crippen LogP contribution in [0.5, 0.6) is 0 Å². The lowest BCUT2D eigenvalue weighted by atomic mass is 9.91. The minimum Gasteiger partial charge on any atom is -0.480 e. The van der Waals surface area contributed by atoms with Crippen molar-refractivity contribution < 1.29 is 19.1 Å². The fourth-order valence-electron chi connectivity index (χ4n) is 3.25. The molecule has 2 saturated carbocycles. The predicted octanol–water partition coefficient (Wildman–Crippen LogP) is 2.37. The Kier molecular flexibility index (Phi) is 3.23. The molecule has 2 N–H and O–H groups in total. The number of amides is 1. The van der Waals surface area contributed by atoms with Crippen molar-refractivity contribution in [1.29, 1.82) is 0 Å². The van der Waals surface area contributed by atoms with E-state index >= 15 is 0 Å². The molecule has 1 aromatic rings. The highest BCUT2D eigenvalue weighted by molar-refractivity contribution is 5.95. The molecule has 1 aromatic carbocycles. The van der Waals surface area contributed by atoms with E-state index in [-0.39, 0.29) is 11.7 Å². The van der Waals surface area contributed by atoms with Gasteiger partial charge in [-0.25, -0.2) is 9.18 Å². The lowest BCUT2D eigenvalue weighted by Crippen LogP contribution is -2.55. The molecule has 0 saturated heterocycles. The third-order valence-electron chi connectivity index (χ3n) is 4.80. The normalized spacial score (nSPS) is 21.8. The molecule has 0 aromatic heterocycles. The summed E-state index contributed by atoms with van der Waals surface area (Å²) in [7, 11) is 0. The van der Waals surface area contributed by atoms with Crippen LogP contribution in [-0.2, 0) is 15.0 Å². The molecule has 112 valence electrons. The summed E-state index contributed by atoms with van der Waals surface area (Å²) in [6, 6.07) is 5.91. The molecule has 1 amide bonds. The summed E-state index contributed by atoms with van der Waals surface area (Å²) in [5.41, 5.74) is -1.02. The molecule has 0 bridgehead atoms. The van der Waals surface area contributed by atoms with Crippen molar-refractivity contribution in [1.82, 2.24) is 5.32 Å². The minimum atomic E-state index is -1.12. The van der Waals surface area contributed by atoms with E-state index in [1.54, 1.807) is 12.1 Å². The number of carboxylic acid groups (broad SMARTS) is 1. The second-order valence-electron chi connectivity index (χ2n) is 6.14. The number of carboxylic acids is 1. The topological polar surface area (TPSA) is 66.4 Å². The van der Waals surface area contributed by atoms with Crippen molar-refractivity contribution in [2.24, 2.45) is 0 Å². The first-order valence-corrected chi connectivity index (χ1v) is 7.31. The molecule has 21 heavy (non-hydrogen) atoms. The number of hydrogen-bond acceptors (Lipinski definition) is 2. The van der Waals surface area contributed by atoms with Gasteiger partial charge in [-0.05, 0) is 43.4 Å². The van der Waals surface area contributed by atoms with Gasteiger partial charge in [0.1, 0.15) is 11.4 Å². The Hall–Kier alpha value is -1.91. The van der Waals surface area contributed by atoms with Gasteiger partial charge in [0, 0.05) is 0 Å². The van der Waals surface area contributed by atoms with Gasteiger partial charge in [0.05, 0.1) is 5.41 Å². The van der Waals surface area contributed by atoms with Crippen LogP contribution in [0.25, 0.3) is 0 Å². The summed E-state index contributed by atoms with van der Waals surface area (Å²) >= 11 is 0. The van der Waals surface area contributed by atoms with Crippen LogP contribution in [0.2, 0.25) is 0 Å². The van der Waals surface area contributed by atoms with Crippen molar-refractivity contribution in [2.45, 2.75) is 49.5 Å². The fraction of sp³-hybridized carbons (Fsp3) is 0.500. The zero-order valence-electron chi connectivity index (χ0n) is 11.7. The molecular formula is C16H18FNO3. The lowest BCUT2D eigenvalue weighted by Gasteiger charge is -2.28. The monoisotopic (exact) mass is 291 g/mol. The van der Waals surface area contributed by atoms with Crippen LogP contribution in [0.15, 0.2) is 24.3 Å². The second kappa shape index (κ2) is 4.83. The van der Waals surface area contributed by atoms with Crippen molar-refractivity contribution >= 4 is 11.9 Å².